The fourth-order valence-corrected chi connectivity index (χ4v) is 3.45. The van der Waals surface area contributed by atoms with Crippen LogP contribution in [-0.4, -0.2) is 34.0 Å². The van der Waals surface area contributed by atoms with Crippen LogP contribution in [0.25, 0.3) is 11.3 Å². The number of carbonyl (C=O) groups excluding carboxylic acids is 2. The largest absolute Gasteiger partial charge is 0.339 e. The molecule has 6 nitrogen and oxygen atoms in total. The minimum Gasteiger partial charge on any atom is -0.339 e. The smallest absolute Gasteiger partial charge is 0.230 e. The van der Waals surface area contributed by atoms with Crippen molar-refractivity contribution in [2.45, 2.75) is 18.9 Å². The van der Waals surface area contributed by atoms with Crippen LogP contribution in [0.5, 0.6) is 0 Å². The van der Waals surface area contributed by atoms with Gasteiger partial charge >= 0.3 is 0 Å². The molecular formula is C21H19FN4O2. The second-order valence-corrected chi connectivity index (χ2v) is 6.88. The number of halogens is 1. The average Bonchev–Trinajstić information content (AvgIpc) is 3.16. The molecule has 7 heteroatoms. The summed E-state index contributed by atoms with van der Waals surface area (Å²) in [7, 11) is 1.66. The number of fused-ring (bicyclic) bond motifs is 1. The summed E-state index contributed by atoms with van der Waals surface area (Å²) in [4.78, 5) is 26.5. The molecule has 0 aliphatic carbocycles. The highest BCUT2D eigenvalue weighted by atomic mass is 19.1. The van der Waals surface area contributed by atoms with E-state index in [1.54, 1.807) is 7.05 Å². The van der Waals surface area contributed by atoms with Gasteiger partial charge in [-0.05, 0) is 29.8 Å². The van der Waals surface area contributed by atoms with E-state index in [1.165, 1.54) is 23.1 Å². The lowest BCUT2D eigenvalue weighted by Crippen LogP contribution is -2.36. The molecule has 0 fully saturated rings. The first-order valence-corrected chi connectivity index (χ1v) is 8.95. The summed E-state index contributed by atoms with van der Waals surface area (Å²) >= 11 is 0. The van der Waals surface area contributed by atoms with Crippen LogP contribution in [0.2, 0.25) is 0 Å². The maximum Gasteiger partial charge on any atom is 0.230 e. The highest BCUT2D eigenvalue weighted by Crippen LogP contribution is 2.34. The number of amides is 2. The Kier molecular flexibility index (Phi) is 4.65. The molecule has 2 aromatic carbocycles. The number of hydrogen-bond acceptors (Lipinski definition) is 3. The Morgan fingerprint density at radius 1 is 1.21 bits per heavy atom. The lowest BCUT2D eigenvalue weighted by molar-refractivity contribution is -0.134. The Bertz CT molecular complexity index is 1030. The van der Waals surface area contributed by atoms with E-state index in [2.05, 4.69) is 15.5 Å². The van der Waals surface area contributed by atoms with Crippen LogP contribution in [0.4, 0.5) is 10.1 Å². The van der Waals surface area contributed by atoms with Gasteiger partial charge in [0, 0.05) is 24.7 Å². The minimum atomic E-state index is -0.707. The number of aromatic nitrogens is 2. The summed E-state index contributed by atoms with van der Waals surface area (Å²) in [5.41, 5.74) is 3.53. The van der Waals surface area contributed by atoms with Gasteiger partial charge in [0.25, 0.3) is 0 Å². The zero-order chi connectivity index (χ0) is 19.7. The second-order valence-electron chi connectivity index (χ2n) is 6.88. The van der Waals surface area contributed by atoms with E-state index in [-0.39, 0.29) is 18.2 Å². The van der Waals surface area contributed by atoms with Crippen LogP contribution in [-0.2, 0) is 16.1 Å². The Morgan fingerprint density at radius 2 is 2.00 bits per heavy atom. The minimum absolute atomic E-state index is 0.00211. The number of nitrogens with one attached hydrogen (secondary N) is 2. The quantitative estimate of drug-likeness (QED) is 0.731. The monoisotopic (exact) mass is 378 g/mol. The number of hydrogen-bond donors (Lipinski definition) is 2. The first kappa shape index (κ1) is 17.9. The van der Waals surface area contributed by atoms with Gasteiger partial charge in [0.1, 0.15) is 5.82 Å². The van der Waals surface area contributed by atoms with Crippen molar-refractivity contribution < 1.29 is 14.0 Å². The maximum absolute atomic E-state index is 13.7. The number of H-pyrrole nitrogens is 1. The normalized spacial score (nSPS) is 15.6. The standard InChI is InChI=1S/C21H19FN4O2/c1-26(12-15-10-19(25-24-15)13-5-3-2-4-6-13)21(28)17-11-20(27)23-18-8-7-14(22)9-16(17)18/h2-10,17H,11-12H2,1H3,(H,23,27)(H,24,25)/t17-/m0/s1. The van der Waals surface area contributed by atoms with Crippen LogP contribution in [0.3, 0.4) is 0 Å². The van der Waals surface area contributed by atoms with E-state index >= 15 is 0 Å². The van der Waals surface area contributed by atoms with E-state index in [0.29, 0.717) is 17.8 Å². The van der Waals surface area contributed by atoms with Crippen molar-refractivity contribution >= 4 is 17.5 Å². The molecule has 0 saturated carbocycles. The summed E-state index contributed by atoms with van der Waals surface area (Å²) in [6, 6.07) is 15.7. The molecule has 0 spiro atoms. The van der Waals surface area contributed by atoms with Gasteiger partial charge in [-0.1, -0.05) is 30.3 Å². The summed E-state index contributed by atoms with van der Waals surface area (Å²) in [5.74, 6) is -1.63. The molecule has 28 heavy (non-hydrogen) atoms. The lowest BCUT2D eigenvalue weighted by atomic mass is 9.89. The summed E-state index contributed by atoms with van der Waals surface area (Å²) in [6.07, 6.45) is -0.00211. The number of aromatic amines is 1. The van der Waals surface area contributed by atoms with Crippen molar-refractivity contribution in [3.05, 3.63) is 71.7 Å². The summed E-state index contributed by atoms with van der Waals surface area (Å²) in [5, 5.41) is 9.93. The molecule has 0 bridgehead atoms. The van der Waals surface area contributed by atoms with Crippen molar-refractivity contribution in [3.8, 4) is 11.3 Å². The molecule has 1 aromatic heterocycles. The third kappa shape index (κ3) is 3.51. The molecule has 1 aliphatic rings. The third-order valence-electron chi connectivity index (χ3n) is 4.83. The Hall–Kier alpha value is -3.48. The highest BCUT2D eigenvalue weighted by Gasteiger charge is 2.33. The molecule has 0 radical (unpaired) electrons. The SMILES string of the molecule is CN(Cc1cc(-c2ccccc2)n[nH]1)C(=O)[C@H]1CC(=O)Nc2ccc(F)cc21. The van der Waals surface area contributed by atoms with Crippen molar-refractivity contribution in [1.29, 1.82) is 0 Å². The molecule has 2 heterocycles. The number of anilines is 1. The molecule has 1 aliphatic heterocycles. The molecule has 2 amide bonds. The Balaban J connectivity index is 1.52. The molecule has 1 atom stereocenters. The molecule has 0 unspecified atom stereocenters. The van der Waals surface area contributed by atoms with E-state index in [9.17, 15) is 14.0 Å². The number of benzene rings is 2. The molecular weight excluding hydrogens is 359 g/mol. The van der Waals surface area contributed by atoms with Gasteiger partial charge in [-0.2, -0.15) is 5.10 Å². The molecule has 4 rings (SSSR count). The van der Waals surface area contributed by atoms with Gasteiger partial charge < -0.3 is 10.2 Å². The maximum atomic E-state index is 13.7. The Labute approximate surface area is 161 Å². The number of carbonyl (C=O) groups is 2. The van der Waals surface area contributed by atoms with E-state index in [0.717, 1.165) is 17.0 Å². The first-order valence-electron chi connectivity index (χ1n) is 8.95. The molecule has 142 valence electrons. The van der Waals surface area contributed by atoms with Gasteiger partial charge in [-0.3, -0.25) is 14.7 Å². The number of nitrogens with zero attached hydrogens (tertiary/aromatic N) is 2. The summed E-state index contributed by atoms with van der Waals surface area (Å²) < 4.78 is 13.7. The van der Waals surface area contributed by atoms with Gasteiger partial charge in [0.15, 0.2) is 0 Å². The zero-order valence-corrected chi connectivity index (χ0v) is 15.3. The number of likely N-dealkylation sites (N-methyl/N-ethyl adjacent to an activating group) is 1. The fourth-order valence-electron chi connectivity index (χ4n) is 3.45. The molecule has 0 saturated heterocycles. The van der Waals surface area contributed by atoms with E-state index < -0.39 is 11.7 Å². The average molecular weight is 378 g/mol. The first-order chi connectivity index (χ1) is 13.5. The van der Waals surface area contributed by atoms with Crippen LogP contribution in [0.1, 0.15) is 23.6 Å². The molecule has 2 N–H and O–H groups in total. The fraction of sp³-hybridized carbons (Fsp3) is 0.190. The molecule has 3 aromatic rings. The van der Waals surface area contributed by atoms with Crippen LogP contribution in [0, 0.1) is 5.82 Å². The van der Waals surface area contributed by atoms with Crippen LogP contribution in [0.15, 0.2) is 54.6 Å². The van der Waals surface area contributed by atoms with Crippen LogP contribution < -0.4 is 5.32 Å². The number of rotatable bonds is 4. The van der Waals surface area contributed by atoms with Crippen molar-refractivity contribution in [2.75, 3.05) is 12.4 Å². The lowest BCUT2D eigenvalue weighted by Gasteiger charge is -2.28. The third-order valence-corrected chi connectivity index (χ3v) is 4.83. The highest BCUT2D eigenvalue weighted by molar-refractivity contribution is 6.01. The zero-order valence-electron chi connectivity index (χ0n) is 15.3. The van der Waals surface area contributed by atoms with Crippen LogP contribution >= 0.6 is 0 Å². The Morgan fingerprint density at radius 3 is 2.79 bits per heavy atom. The second kappa shape index (κ2) is 7.26. The predicted octanol–water partition coefficient (Wildman–Crippen LogP) is 3.30. The van der Waals surface area contributed by atoms with Gasteiger partial charge in [-0.25, -0.2) is 4.39 Å². The van der Waals surface area contributed by atoms with Crippen molar-refractivity contribution in [1.82, 2.24) is 15.1 Å². The van der Waals surface area contributed by atoms with Crippen molar-refractivity contribution in [3.63, 3.8) is 0 Å². The van der Waals surface area contributed by atoms with E-state index in [4.69, 9.17) is 0 Å². The van der Waals surface area contributed by atoms with E-state index in [1.807, 2.05) is 36.4 Å². The van der Waals surface area contributed by atoms with Gasteiger partial charge in [0.2, 0.25) is 11.8 Å². The van der Waals surface area contributed by atoms with Gasteiger partial charge in [0.05, 0.1) is 23.9 Å². The topological polar surface area (TPSA) is 78.1 Å². The summed E-state index contributed by atoms with van der Waals surface area (Å²) in [6.45, 7) is 0.307. The van der Waals surface area contributed by atoms with Crippen molar-refractivity contribution in [2.24, 2.45) is 0 Å². The van der Waals surface area contributed by atoms with Gasteiger partial charge in [-0.15, -0.1) is 0 Å². The predicted molar refractivity (Wildman–Crippen MR) is 103 cm³/mol.